The number of amides is 1. The number of carbonyl (C=O) groups is 2. The van der Waals surface area contributed by atoms with E-state index in [0.717, 1.165) is 0 Å². The largest absolute Gasteiger partial charge is 0.481 e. The number of halogens is 2. The fourth-order valence-electron chi connectivity index (χ4n) is 1.45. The summed E-state index contributed by atoms with van der Waals surface area (Å²) in [6, 6.07) is 1.50. The standard InChI is InChI=1S/C11H14Cl2N2O3/c1-15-8(6-7(12)10(15)13)11(18)14-5-3-2-4-9(16)17/h6H,2-5H2,1H3,(H,14,18)(H,16,17). The van der Waals surface area contributed by atoms with Gasteiger partial charge in [-0.1, -0.05) is 23.2 Å². The molecular weight excluding hydrogens is 279 g/mol. The van der Waals surface area contributed by atoms with E-state index >= 15 is 0 Å². The van der Waals surface area contributed by atoms with Gasteiger partial charge in [-0.2, -0.15) is 0 Å². The Balaban J connectivity index is 2.41. The zero-order valence-electron chi connectivity index (χ0n) is 9.87. The smallest absolute Gasteiger partial charge is 0.303 e. The van der Waals surface area contributed by atoms with Crippen molar-refractivity contribution < 1.29 is 14.7 Å². The summed E-state index contributed by atoms with van der Waals surface area (Å²) in [5.74, 6) is -1.11. The summed E-state index contributed by atoms with van der Waals surface area (Å²) in [5.41, 5.74) is 0.378. The van der Waals surface area contributed by atoms with Gasteiger partial charge in [0, 0.05) is 20.0 Å². The van der Waals surface area contributed by atoms with Crippen molar-refractivity contribution in [2.45, 2.75) is 19.3 Å². The van der Waals surface area contributed by atoms with Crippen LogP contribution in [0.25, 0.3) is 0 Å². The predicted molar refractivity (Wildman–Crippen MR) is 69.3 cm³/mol. The van der Waals surface area contributed by atoms with Gasteiger partial charge in [0.1, 0.15) is 10.8 Å². The number of hydrogen-bond donors (Lipinski definition) is 2. The molecule has 1 aromatic rings. The highest BCUT2D eigenvalue weighted by Crippen LogP contribution is 2.24. The number of nitrogens with one attached hydrogen (secondary N) is 1. The molecule has 1 amide bonds. The second kappa shape index (κ2) is 6.66. The van der Waals surface area contributed by atoms with E-state index in [2.05, 4.69) is 5.32 Å². The molecule has 0 saturated carbocycles. The predicted octanol–water partition coefficient (Wildman–Crippen LogP) is 2.32. The van der Waals surface area contributed by atoms with Crippen LogP contribution in [0.4, 0.5) is 0 Å². The lowest BCUT2D eigenvalue weighted by molar-refractivity contribution is -0.137. The normalized spacial score (nSPS) is 10.4. The molecule has 0 saturated heterocycles. The maximum absolute atomic E-state index is 11.8. The molecule has 0 atom stereocenters. The molecule has 0 aromatic carbocycles. The Kier molecular flexibility index (Phi) is 5.50. The Labute approximate surface area is 115 Å². The fourth-order valence-corrected chi connectivity index (χ4v) is 1.83. The van der Waals surface area contributed by atoms with Gasteiger partial charge in [0.15, 0.2) is 0 Å². The molecule has 1 aromatic heterocycles. The number of aromatic nitrogens is 1. The van der Waals surface area contributed by atoms with Crippen molar-refractivity contribution in [2.75, 3.05) is 6.54 Å². The van der Waals surface area contributed by atoms with Gasteiger partial charge in [-0.15, -0.1) is 0 Å². The highest BCUT2D eigenvalue weighted by molar-refractivity contribution is 6.41. The highest BCUT2D eigenvalue weighted by Gasteiger charge is 2.14. The first kappa shape index (κ1) is 14.9. The van der Waals surface area contributed by atoms with E-state index in [1.165, 1.54) is 10.6 Å². The van der Waals surface area contributed by atoms with Gasteiger partial charge in [-0.05, 0) is 18.9 Å². The average Bonchev–Trinajstić information content (AvgIpc) is 2.56. The summed E-state index contributed by atoms with van der Waals surface area (Å²) < 4.78 is 1.50. The Bertz CT molecular complexity index is 457. The number of unbranched alkanes of at least 4 members (excludes halogenated alkanes) is 1. The summed E-state index contributed by atoms with van der Waals surface area (Å²) in [5, 5.41) is 11.8. The first-order valence-electron chi connectivity index (χ1n) is 5.44. The van der Waals surface area contributed by atoms with Crippen LogP contribution in [0.3, 0.4) is 0 Å². The van der Waals surface area contributed by atoms with E-state index < -0.39 is 5.97 Å². The number of carboxylic acid groups (broad SMARTS) is 1. The van der Waals surface area contributed by atoms with Crippen LogP contribution < -0.4 is 5.32 Å². The molecule has 0 unspecified atom stereocenters. The molecule has 2 N–H and O–H groups in total. The molecule has 18 heavy (non-hydrogen) atoms. The summed E-state index contributed by atoms with van der Waals surface area (Å²) in [7, 11) is 1.65. The summed E-state index contributed by atoms with van der Waals surface area (Å²) in [6.45, 7) is 0.423. The number of hydrogen-bond acceptors (Lipinski definition) is 2. The van der Waals surface area contributed by atoms with Crippen LogP contribution in [0.5, 0.6) is 0 Å². The molecule has 0 fully saturated rings. The van der Waals surface area contributed by atoms with Gasteiger partial charge in [0.05, 0.1) is 5.02 Å². The van der Waals surface area contributed by atoms with Crippen molar-refractivity contribution in [3.8, 4) is 0 Å². The minimum absolute atomic E-state index is 0.109. The first-order valence-corrected chi connectivity index (χ1v) is 6.19. The zero-order valence-corrected chi connectivity index (χ0v) is 11.4. The van der Waals surface area contributed by atoms with Gasteiger partial charge >= 0.3 is 5.97 Å². The van der Waals surface area contributed by atoms with E-state index in [4.69, 9.17) is 28.3 Å². The van der Waals surface area contributed by atoms with E-state index in [1.54, 1.807) is 7.05 Å². The minimum Gasteiger partial charge on any atom is -0.481 e. The second-order valence-electron chi connectivity index (χ2n) is 3.83. The number of aliphatic carboxylic acids is 1. The third-order valence-corrected chi connectivity index (χ3v) is 3.29. The van der Waals surface area contributed by atoms with Crippen LogP contribution in [0.2, 0.25) is 10.2 Å². The molecule has 0 bridgehead atoms. The van der Waals surface area contributed by atoms with Crippen molar-refractivity contribution in [3.05, 3.63) is 21.9 Å². The molecule has 0 aliphatic rings. The Morgan fingerprint density at radius 3 is 2.56 bits per heavy atom. The third-order valence-electron chi connectivity index (χ3n) is 2.45. The maximum atomic E-state index is 11.8. The van der Waals surface area contributed by atoms with Gasteiger partial charge in [0.2, 0.25) is 0 Å². The SMILES string of the molecule is Cn1c(C(=O)NCCCCC(=O)O)cc(Cl)c1Cl. The monoisotopic (exact) mass is 292 g/mol. The van der Waals surface area contributed by atoms with E-state index in [9.17, 15) is 9.59 Å². The van der Waals surface area contributed by atoms with Crippen molar-refractivity contribution in [1.29, 1.82) is 0 Å². The number of rotatable bonds is 6. The summed E-state index contributed by atoms with van der Waals surface area (Å²) in [6.07, 6.45) is 1.26. The van der Waals surface area contributed by atoms with Crippen LogP contribution in [0, 0.1) is 0 Å². The molecule has 0 radical (unpaired) electrons. The summed E-state index contributed by atoms with van der Waals surface area (Å²) >= 11 is 11.6. The molecule has 100 valence electrons. The molecule has 5 nitrogen and oxygen atoms in total. The van der Waals surface area contributed by atoms with Crippen molar-refractivity contribution in [3.63, 3.8) is 0 Å². The van der Waals surface area contributed by atoms with Crippen molar-refractivity contribution >= 4 is 35.1 Å². The average molecular weight is 293 g/mol. The van der Waals surface area contributed by atoms with E-state index in [1.807, 2.05) is 0 Å². The van der Waals surface area contributed by atoms with Crippen LogP contribution >= 0.6 is 23.2 Å². The van der Waals surface area contributed by atoms with Crippen LogP contribution in [-0.2, 0) is 11.8 Å². The number of carboxylic acids is 1. The summed E-state index contributed by atoms with van der Waals surface area (Å²) in [4.78, 5) is 22.0. The van der Waals surface area contributed by atoms with Gasteiger partial charge in [-0.3, -0.25) is 9.59 Å². The zero-order chi connectivity index (χ0) is 13.7. The molecule has 1 heterocycles. The second-order valence-corrected chi connectivity index (χ2v) is 4.60. The lowest BCUT2D eigenvalue weighted by atomic mass is 10.2. The van der Waals surface area contributed by atoms with Crippen molar-refractivity contribution in [1.82, 2.24) is 9.88 Å². The maximum Gasteiger partial charge on any atom is 0.303 e. The fraction of sp³-hybridized carbons (Fsp3) is 0.455. The number of carbonyl (C=O) groups excluding carboxylic acids is 1. The lowest BCUT2D eigenvalue weighted by Crippen LogP contribution is -2.26. The minimum atomic E-state index is -0.831. The molecule has 0 aliphatic carbocycles. The van der Waals surface area contributed by atoms with Gasteiger partial charge in [0.25, 0.3) is 5.91 Å². The molecule has 0 spiro atoms. The highest BCUT2D eigenvalue weighted by atomic mass is 35.5. The van der Waals surface area contributed by atoms with E-state index in [-0.39, 0.29) is 12.3 Å². The topological polar surface area (TPSA) is 71.3 Å². The van der Waals surface area contributed by atoms with E-state index in [0.29, 0.717) is 35.3 Å². The third kappa shape index (κ3) is 3.92. The van der Waals surface area contributed by atoms with Gasteiger partial charge < -0.3 is 15.0 Å². The Hall–Kier alpha value is -1.20. The van der Waals surface area contributed by atoms with Crippen LogP contribution in [0.15, 0.2) is 6.07 Å². The van der Waals surface area contributed by atoms with Gasteiger partial charge in [-0.25, -0.2) is 0 Å². The quantitative estimate of drug-likeness (QED) is 0.791. The molecule has 0 aliphatic heterocycles. The van der Waals surface area contributed by atoms with Crippen LogP contribution in [0.1, 0.15) is 29.8 Å². The molecular formula is C11H14Cl2N2O3. The number of nitrogens with zero attached hydrogens (tertiary/aromatic N) is 1. The van der Waals surface area contributed by atoms with Crippen LogP contribution in [-0.4, -0.2) is 28.1 Å². The molecule has 7 heteroatoms. The first-order chi connectivity index (χ1) is 8.43. The lowest BCUT2D eigenvalue weighted by Gasteiger charge is -2.05. The Morgan fingerprint density at radius 2 is 2.06 bits per heavy atom. The molecule has 1 rings (SSSR count). The van der Waals surface area contributed by atoms with Crippen molar-refractivity contribution in [2.24, 2.45) is 7.05 Å². The Morgan fingerprint density at radius 1 is 1.39 bits per heavy atom.